The highest BCUT2D eigenvalue weighted by Crippen LogP contribution is 2.27. The van der Waals surface area contributed by atoms with Gasteiger partial charge < -0.3 is 15.2 Å². The van der Waals surface area contributed by atoms with Gasteiger partial charge in [0.25, 0.3) is 0 Å². The Hall–Kier alpha value is -1.83. The molecule has 1 amide bonds. The first kappa shape index (κ1) is 14.2. The third-order valence-corrected chi connectivity index (χ3v) is 2.56. The highest BCUT2D eigenvalue weighted by atomic mass is 32.1. The van der Waals surface area contributed by atoms with Gasteiger partial charge in [0.05, 0.1) is 7.11 Å². The van der Waals surface area contributed by atoms with Crippen LogP contribution in [0.15, 0.2) is 0 Å². The van der Waals surface area contributed by atoms with E-state index in [0.717, 1.165) is 11.5 Å². The molecule has 7 nitrogen and oxygen atoms in total. The van der Waals surface area contributed by atoms with Crippen molar-refractivity contribution in [2.75, 3.05) is 18.2 Å². The summed E-state index contributed by atoms with van der Waals surface area (Å²) < 4.78 is 13.4. The lowest BCUT2D eigenvalue weighted by Gasteiger charge is -2.19. The van der Waals surface area contributed by atoms with Crippen molar-refractivity contribution in [3.8, 4) is 0 Å². The Labute approximate surface area is 108 Å². The van der Waals surface area contributed by atoms with Crippen molar-refractivity contribution in [3.05, 3.63) is 4.88 Å². The molecule has 0 fully saturated rings. The Morgan fingerprint density at radius 2 is 2.00 bits per heavy atom. The molecule has 0 saturated carbocycles. The van der Waals surface area contributed by atoms with Gasteiger partial charge >= 0.3 is 12.1 Å². The number of nitrogens with two attached hydrogens (primary N) is 1. The van der Waals surface area contributed by atoms with Crippen molar-refractivity contribution < 1.29 is 19.1 Å². The van der Waals surface area contributed by atoms with Crippen LogP contribution in [0.5, 0.6) is 0 Å². The molecule has 0 saturated heterocycles. The first-order chi connectivity index (χ1) is 8.24. The highest BCUT2D eigenvalue weighted by Gasteiger charge is 2.22. The summed E-state index contributed by atoms with van der Waals surface area (Å²) in [4.78, 5) is 22.9. The summed E-state index contributed by atoms with van der Waals surface area (Å²) in [6.45, 7) is 5.20. The van der Waals surface area contributed by atoms with Crippen molar-refractivity contribution in [1.82, 2.24) is 4.37 Å². The predicted octanol–water partition coefficient (Wildman–Crippen LogP) is 1.86. The third-order valence-electron chi connectivity index (χ3n) is 1.72. The van der Waals surface area contributed by atoms with Gasteiger partial charge in [-0.15, -0.1) is 0 Å². The van der Waals surface area contributed by atoms with Crippen LogP contribution in [0.3, 0.4) is 0 Å². The van der Waals surface area contributed by atoms with Crippen LogP contribution in [0.25, 0.3) is 0 Å². The number of ether oxygens (including phenoxy) is 2. The van der Waals surface area contributed by atoms with Crippen LogP contribution in [-0.4, -0.2) is 29.1 Å². The van der Waals surface area contributed by atoms with Crippen LogP contribution in [0.2, 0.25) is 0 Å². The molecule has 0 atom stereocenters. The van der Waals surface area contributed by atoms with Gasteiger partial charge in [-0.3, -0.25) is 5.32 Å². The molecule has 1 aromatic heterocycles. The van der Waals surface area contributed by atoms with E-state index in [-0.39, 0.29) is 16.4 Å². The molecule has 1 heterocycles. The molecule has 1 rings (SSSR count). The van der Waals surface area contributed by atoms with Gasteiger partial charge in [-0.25, -0.2) is 9.59 Å². The Morgan fingerprint density at radius 1 is 1.39 bits per heavy atom. The van der Waals surface area contributed by atoms with E-state index in [1.807, 2.05) is 0 Å². The molecular weight excluding hydrogens is 258 g/mol. The fraction of sp³-hybridized carbons (Fsp3) is 0.500. The molecule has 0 aliphatic carbocycles. The molecule has 100 valence electrons. The molecule has 1 aromatic rings. The number of nitrogens with zero attached hydrogens (tertiary/aromatic N) is 1. The number of anilines is 2. The summed E-state index contributed by atoms with van der Waals surface area (Å²) in [6, 6.07) is 0. The lowest BCUT2D eigenvalue weighted by Crippen LogP contribution is -2.27. The van der Waals surface area contributed by atoms with Crippen LogP contribution in [-0.2, 0) is 9.47 Å². The summed E-state index contributed by atoms with van der Waals surface area (Å²) in [5.74, 6) is -0.503. The monoisotopic (exact) mass is 273 g/mol. The molecule has 0 bridgehead atoms. The van der Waals surface area contributed by atoms with Gasteiger partial charge in [0.15, 0.2) is 10.7 Å². The molecule has 0 unspecified atom stereocenters. The number of nitrogens with one attached hydrogen (secondary N) is 1. The summed E-state index contributed by atoms with van der Waals surface area (Å²) in [5, 5.41) is 2.37. The second kappa shape index (κ2) is 5.21. The third kappa shape index (κ3) is 3.59. The summed E-state index contributed by atoms with van der Waals surface area (Å²) in [7, 11) is 1.24. The van der Waals surface area contributed by atoms with Gasteiger partial charge in [0.1, 0.15) is 11.3 Å². The molecule has 0 aromatic carbocycles. The van der Waals surface area contributed by atoms with E-state index in [4.69, 9.17) is 10.5 Å². The van der Waals surface area contributed by atoms with E-state index in [1.165, 1.54) is 7.11 Å². The molecule has 8 heteroatoms. The fourth-order valence-electron chi connectivity index (χ4n) is 1.03. The number of nitrogen functional groups attached to an aromatic ring is 1. The van der Waals surface area contributed by atoms with E-state index in [2.05, 4.69) is 14.4 Å². The number of carbonyl (C=O) groups is 2. The van der Waals surface area contributed by atoms with E-state index in [1.54, 1.807) is 20.8 Å². The number of rotatable bonds is 2. The number of carbonyl (C=O) groups excluding carboxylic acids is 2. The maximum atomic E-state index is 11.5. The standard InChI is InChI=1S/C10H15N3O4S/c1-10(2,3)17-9(15)12-7-5(11)6(18-13-7)8(14)16-4/h11H2,1-4H3,(H,12,13,15). The Bertz CT molecular complexity index is 464. The number of hydrogen-bond acceptors (Lipinski definition) is 7. The fourth-order valence-corrected chi connectivity index (χ4v) is 1.71. The largest absolute Gasteiger partial charge is 0.465 e. The number of amides is 1. The number of aromatic nitrogens is 1. The Kier molecular flexibility index (Phi) is 4.12. The lowest BCUT2D eigenvalue weighted by molar-refractivity contribution is 0.0602. The maximum Gasteiger partial charge on any atom is 0.413 e. The minimum Gasteiger partial charge on any atom is -0.465 e. The second-order valence-electron chi connectivity index (χ2n) is 4.39. The Balaban J connectivity index is 2.78. The predicted molar refractivity (Wildman–Crippen MR) is 67.7 cm³/mol. The molecule has 0 radical (unpaired) electrons. The zero-order valence-electron chi connectivity index (χ0n) is 10.6. The summed E-state index contributed by atoms with van der Waals surface area (Å²) in [5.41, 5.74) is 5.11. The van der Waals surface area contributed by atoms with Crippen molar-refractivity contribution in [1.29, 1.82) is 0 Å². The van der Waals surface area contributed by atoms with Crippen LogP contribution in [0, 0.1) is 0 Å². The first-order valence-electron chi connectivity index (χ1n) is 5.08. The number of methoxy groups -OCH3 is 1. The first-order valence-corrected chi connectivity index (χ1v) is 5.85. The van der Waals surface area contributed by atoms with Crippen LogP contribution in [0.4, 0.5) is 16.3 Å². The van der Waals surface area contributed by atoms with Gasteiger partial charge in [-0.1, -0.05) is 0 Å². The zero-order valence-corrected chi connectivity index (χ0v) is 11.4. The smallest absolute Gasteiger partial charge is 0.413 e. The van der Waals surface area contributed by atoms with E-state index in [9.17, 15) is 9.59 Å². The molecule has 3 N–H and O–H groups in total. The van der Waals surface area contributed by atoms with Gasteiger partial charge in [0.2, 0.25) is 0 Å². The average molecular weight is 273 g/mol. The molecule has 0 spiro atoms. The van der Waals surface area contributed by atoms with Gasteiger partial charge in [-0.05, 0) is 32.3 Å². The maximum absolute atomic E-state index is 11.5. The van der Waals surface area contributed by atoms with Gasteiger partial charge in [-0.2, -0.15) is 4.37 Å². The van der Waals surface area contributed by atoms with E-state index < -0.39 is 17.7 Å². The molecule has 18 heavy (non-hydrogen) atoms. The van der Waals surface area contributed by atoms with E-state index >= 15 is 0 Å². The quantitative estimate of drug-likeness (QED) is 0.797. The minimum absolute atomic E-state index is 0.0673. The Morgan fingerprint density at radius 3 is 2.50 bits per heavy atom. The molecule has 0 aliphatic heterocycles. The van der Waals surface area contributed by atoms with Crippen molar-refractivity contribution in [3.63, 3.8) is 0 Å². The second-order valence-corrected chi connectivity index (χ2v) is 5.17. The van der Waals surface area contributed by atoms with Crippen molar-refractivity contribution in [2.24, 2.45) is 0 Å². The van der Waals surface area contributed by atoms with Crippen LogP contribution >= 0.6 is 11.5 Å². The summed E-state index contributed by atoms with van der Waals surface area (Å²) in [6.07, 6.45) is -0.684. The van der Waals surface area contributed by atoms with Crippen molar-refractivity contribution >= 4 is 35.1 Å². The average Bonchev–Trinajstić information content (AvgIpc) is 2.57. The van der Waals surface area contributed by atoms with Crippen LogP contribution in [0.1, 0.15) is 30.4 Å². The summed E-state index contributed by atoms with van der Waals surface area (Å²) >= 11 is 0.849. The lowest BCUT2D eigenvalue weighted by atomic mass is 10.2. The zero-order chi connectivity index (χ0) is 13.9. The molecule has 0 aliphatic rings. The SMILES string of the molecule is COC(=O)c1snc(NC(=O)OC(C)(C)C)c1N. The number of esters is 1. The topological polar surface area (TPSA) is 104 Å². The molecular formula is C10H15N3O4S. The van der Waals surface area contributed by atoms with E-state index in [0.29, 0.717) is 0 Å². The highest BCUT2D eigenvalue weighted by molar-refractivity contribution is 7.09. The normalized spacial score (nSPS) is 10.9. The number of hydrogen-bond donors (Lipinski definition) is 2. The van der Waals surface area contributed by atoms with Gasteiger partial charge in [0, 0.05) is 0 Å². The van der Waals surface area contributed by atoms with Crippen molar-refractivity contribution in [2.45, 2.75) is 26.4 Å². The van der Waals surface area contributed by atoms with Crippen LogP contribution < -0.4 is 11.1 Å². The minimum atomic E-state index is -0.684.